The number of carbonyl (C=O) groups is 1. The molecule has 0 saturated heterocycles. The second-order valence-corrected chi connectivity index (χ2v) is 9.45. The Morgan fingerprint density at radius 1 is 1.12 bits per heavy atom. The minimum atomic E-state index is -3.59. The number of carbonyl (C=O) groups excluding carboxylic acids is 1. The molecule has 0 aliphatic rings. The van der Waals surface area contributed by atoms with Gasteiger partial charge in [-0.15, -0.1) is 0 Å². The third kappa shape index (κ3) is 5.21. The molecule has 2 aromatic carbocycles. The van der Waals surface area contributed by atoms with Crippen molar-refractivity contribution in [1.29, 1.82) is 5.26 Å². The molecule has 10 heteroatoms. The maximum atomic E-state index is 12.8. The van der Waals surface area contributed by atoms with Gasteiger partial charge in [-0.25, -0.2) is 13.4 Å². The smallest absolute Gasteiger partial charge is 0.311 e. The average molecular weight is 485 g/mol. The fourth-order valence-corrected chi connectivity index (χ4v) is 5.12. The van der Waals surface area contributed by atoms with Crippen molar-refractivity contribution in [1.82, 2.24) is 13.9 Å². The van der Waals surface area contributed by atoms with Gasteiger partial charge in [-0.2, -0.15) is 9.57 Å². The Morgan fingerprint density at radius 2 is 1.85 bits per heavy atom. The molecule has 1 aromatic heterocycles. The van der Waals surface area contributed by atoms with E-state index in [-0.39, 0.29) is 17.1 Å². The number of rotatable bonds is 10. The van der Waals surface area contributed by atoms with Crippen molar-refractivity contribution in [2.24, 2.45) is 7.05 Å². The fraction of sp³-hybridized carbons (Fsp3) is 0.375. The number of nitrogens with zero attached hydrogens (tertiary/aromatic N) is 4. The van der Waals surface area contributed by atoms with E-state index >= 15 is 0 Å². The summed E-state index contributed by atoms with van der Waals surface area (Å²) in [5, 5.41) is 9.05. The first-order valence-electron chi connectivity index (χ1n) is 11.1. The van der Waals surface area contributed by atoms with Gasteiger partial charge in [0.05, 0.1) is 40.6 Å². The van der Waals surface area contributed by atoms with Crippen LogP contribution in [0.15, 0.2) is 41.3 Å². The molecule has 0 fully saturated rings. The van der Waals surface area contributed by atoms with Crippen molar-refractivity contribution < 1.29 is 22.7 Å². The van der Waals surface area contributed by atoms with Crippen molar-refractivity contribution in [2.75, 3.05) is 19.7 Å². The summed E-state index contributed by atoms with van der Waals surface area (Å²) in [5.41, 5.74) is 1.72. The lowest BCUT2D eigenvalue weighted by molar-refractivity contribution is -0.134. The Labute approximate surface area is 199 Å². The quantitative estimate of drug-likeness (QED) is 0.320. The van der Waals surface area contributed by atoms with Crippen LogP contribution in [-0.4, -0.2) is 47.9 Å². The number of aromatic nitrogens is 2. The number of fused-ring (bicyclic) bond motifs is 1. The zero-order chi connectivity index (χ0) is 24.9. The van der Waals surface area contributed by atoms with E-state index in [9.17, 15) is 13.2 Å². The molecule has 0 N–H and O–H groups in total. The minimum Gasteiger partial charge on any atom is -0.490 e. The SMILES string of the molecule is CCOc1cc(C#N)ccc1OC(=O)CCc1nc2cc(S(=O)(=O)N(CC)CC)ccc2n1C. The highest BCUT2D eigenvalue weighted by Crippen LogP contribution is 2.29. The summed E-state index contributed by atoms with van der Waals surface area (Å²) in [6.45, 7) is 6.53. The molecule has 0 atom stereocenters. The number of hydrogen-bond donors (Lipinski definition) is 0. The highest BCUT2D eigenvalue weighted by Gasteiger charge is 2.23. The fourth-order valence-electron chi connectivity index (χ4n) is 3.64. The molecule has 1 heterocycles. The van der Waals surface area contributed by atoms with Crippen LogP contribution in [0.1, 0.15) is 38.6 Å². The number of ether oxygens (including phenoxy) is 2. The van der Waals surface area contributed by atoms with E-state index in [0.29, 0.717) is 48.8 Å². The molecule has 0 amide bonds. The van der Waals surface area contributed by atoms with Crippen molar-refractivity contribution in [3.63, 3.8) is 0 Å². The lowest BCUT2D eigenvalue weighted by atomic mass is 10.2. The van der Waals surface area contributed by atoms with Crippen LogP contribution in [0.3, 0.4) is 0 Å². The predicted molar refractivity (Wildman–Crippen MR) is 127 cm³/mol. The van der Waals surface area contributed by atoms with E-state index in [1.54, 1.807) is 45.0 Å². The summed E-state index contributed by atoms with van der Waals surface area (Å²) in [6.07, 6.45) is 0.371. The van der Waals surface area contributed by atoms with E-state index in [1.807, 2.05) is 17.7 Å². The Bertz CT molecular complexity index is 1340. The second-order valence-electron chi connectivity index (χ2n) is 7.51. The van der Waals surface area contributed by atoms with Crippen LogP contribution < -0.4 is 9.47 Å². The molecule has 3 aromatic rings. The molecule has 3 rings (SSSR count). The molecule has 0 unspecified atom stereocenters. The van der Waals surface area contributed by atoms with Gasteiger partial charge in [0.15, 0.2) is 11.5 Å². The monoisotopic (exact) mass is 484 g/mol. The van der Waals surface area contributed by atoms with Crippen LogP contribution in [0.2, 0.25) is 0 Å². The molecule has 0 spiro atoms. The third-order valence-corrected chi connectivity index (χ3v) is 7.48. The molecule has 34 heavy (non-hydrogen) atoms. The van der Waals surface area contributed by atoms with Crippen LogP contribution in [-0.2, 0) is 28.3 Å². The van der Waals surface area contributed by atoms with Gasteiger partial charge >= 0.3 is 5.97 Å². The molecular formula is C24H28N4O5S. The summed E-state index contributed by atoms with van der Waals surface area (Å²) >= 11 is 0. The van der Waals surface area contributed by atoms with Gasteiger partial charge in [0.25, 0.3) is 0 Å². The second kappa shape index (κ2) is 10.7. The van der Waals surface area contributed by atoms with Crippen LogP contribution in [0.5, 0.6) is 11.5 Å². The lowest BCUT2D eigenvalue weighted by Crippen LogP contribution is -2.30. The Morgan fingerprint density at radius 3 is 2.50 bits per heavy atom. The van der Waals surface area contributed by atoms with Gasteiger partial charge < -0.3 is 14.0 Å². The number of imidazole rings is 1. The zero-order valence-corrected chi connectivity index (χ0v) is 20.6. The minimum absolute atomic E-state index is 0.0628. The van der Waals surface area contributed by atoms with E-state index < -0.39 is 16.0 Å². The number of benzene rings is 2. The third-order valence-electron chi connectivity index (χ3n) is 5.44. The number of esters is 1. The Hall–Kier alpha value is -3.42. The first-order chi connectivity index (χ1) is 16.2. The number of sulfonamides is 1. The van der Waals surface area contributed by atoms with Crippen LogP contribution in [0, 0.1) is 11.3 Å². The Kier molecular flexibility index (Phi) is 7.91. The number of hydrogen-bond acceptors (Lipinski definition) is 7. The zero-order valence-electron chi connectivity index (χ0n) is 19.7. The predicted octanol–water partition coefficient (Wildman–Crippen LogP) is 3.41. The highest BCUT2D eigenvalue weighted by atomic mass is 32.2. The summed E-state index contributed by atoms with van der Waals surface area (Å²) in [5.74, 6) is 0.749. The van der Waals surface area contributed by atoms with Crippen molar-refractivity contribution in [2.45, 2.75) is 38.5 Å². The summed E-state index contributed by atoms with van der Waals surface area (Å²) < 4.78 is 39.8. The van der Waals surface area contributed by atoms with Crippen molar-refractivity contribution in [3.8, 4) is 17.6 Å². The topological polar surface area (TPSA) is 115 Å². The van der Waals surface area contributed by atoms with Crippen LogP contribution in [0.4, 0.5) is 0 Å². The maximum Gasteiger partial charge on any atom is 0.311 e. The largest absolute Gasteiger partial charge is 0.490 e. The number of nitriles is 1. The van der Waals surface area contributed by atoms with E-state index in [0.717, 1.165) is 5.52 Å². The van der Waals surface area contributed by atoms with Gasteiger partial charge in [0.1, 0.15) is 5.82 Å². The van der Waals surface area contributed by atoms with Gasteiger partial charge in [-0.3, -0.25) is 4.79 Å². The molecule has 0 saturated carbocycles. The van der Waals surface area contributed by atoms with E-state index in [2.05, 4.69) is 4.98 Å². The van der Waals surface area contributed by atoms with Crippen LogP contribution in [0.25, 0.3) is 11.0 Å². The maximum absolute atomic E-state index is 12.8. The molecule has 0 aliphatic heterocycles. The van der Waals surface area contributed by atoms with Gasteiger partial charge in [-0.1, -0.05) is 13.8 Å². The van der Waals surface area contributed by atoms with E-state index in [1.165, 1.54) is 16.4 Å². The van der Waals surface area contributed by atoms with E-state index in [4.69, 9.17) is 14.7 Å². The van der Waals surface area contributed by atoms with Crippen molar-refractivity contribution in [3.05, 3.63) is 47.8 Å². The first-order valence-corrected chi connectivity index (χ1v) is 12.5. The summed E-state index contributed by atoms with van der Waals surface area (Å²) in [7, 11) is -1.77. The van der Waals surface area contributed by atoms with Gasteiger partial charge in [0, 0.05) is 32.6 Å². The van der Waals surface area contributed by atoms with Gasteiger partial charge in [-0.05, 0) is 37.3 Å². The molecule has 0 aliphatic carbocycles. The molecule has 180 valence electrons. The molecule has 9 nitrogen and oxygen atoms in total. The molecule has 0 bridgehead atoms. The summed E-state index contributed by atoms with van der Waals surface area (Å²) in [4.78, 5) is 17.2. The molecule has 0 radical (unpaired) electrons. The van der Waals surface area contributed by atoms with Crippen molar-refractivity contribution >= 4 is 27.0 Å². The summed E-state index contributed by atoms with van der Waals surface area (Å²) in [6, 6.07) is 11.5. The molecular weight excluding hydrogens is 456 g/mol. The normalized spacial score (nSPS) is 11.5. The van der Waals surface area contributed by atoms with Crippen LogP contribution >= 0.6 is 0 Å². The lowest BCUT2D eigenvalue weighted by Gasteiger charge is -2.18. The Balaban J connectivity index is 1.76. The highest BCUT2D eigenvalue weighted by molar-refractivity contribution is 7.89. The standard InChI is InChI=1S/C24H28N4O5S/c1-5-28(6-2)34(30,31)18-9-10-20-19(15-18)26-23(27(20)4)12-13-24(29)33-21-11-8-17(16-25)14-22(21)32-7-3/h8-11,14-15H,5-7,12-13H2,1-4H3. The van der Waals surface area contributed by atoms with Gasteiger partial charge in [0.2, 0.25) is 10.0 Å². The number of aryl methyl sites for hydroxylation is 2. The first kappa shape index (κ1) is 25.2. The average Bonchev–Trinajstić information content (AvgIpc) is 3.14.